The third-order valence-corrected chi connectivity index (χ3v) is 8.71. The Balaban J connectivity index is 1.21. The maximum absolute atomic E-state index is 12.5. The van der Waals surface area contributed by atoms with Crippen LogP contribution in [0.15, 0.2) is 152 Å². The molecule has 6 aromatic rings. The average Bonchev–Trinajstić information content (AvgIpc) is 3.19. The molecular formula is C45H40O7. The third kappa shape index (κ3) is 8.92. The molecule has 0 spiro atoms. The van der Waals surface area contributed by atoms with Crippen molar-refractivity contribution >= 4 is 5.97 Å². The van der Waals surface area contributed by atoms with Gasteiger partial charge < -0.3 is 28.4 Å². The van der Waals surface area contributed by atoms with Gasteiger partial charge in [-0.15, -0.1) is 0 Å². The monoisotopic (exact) mass is 692 g/mol. The van der Waals surface area contributed by atoms with Crippen molar-refractivity contribution in [1.82, 2.24) is 0 Å². The topological polar surface area (TPSA) is 72.5 Å². The fourth-order valence-electron chi connectivity index (χ4n) is 6.11. The van der Waals surface area contributed by atoms with Gasteiger partial charge in [0.05, 0.1) is 0 Å². The number of ether oxygens (including phenoxy) is 6. The first-order valence-corrected chi connectivity index (χ1v) is 17.4. The van der Waals surface area contributed by atoms with E-state index in [1.165, 1.54) is 6.92 Å². The highest BCUT2D eigenvalue weighted by atomic mass is 16.6. The minimum absolute atomic E-state index is 0.345. The summed E-state index contributed by atoms with van der Waals surface area (Å²) in [5, 5.41) is 0. The van der Waals surface area contributed by atoms with Crippen LogP contribution >= 0.6 is 0 Å². The smallest absolute Gasteiger partial charge is 0.303 e. The van der Waals surface area contributed by atoms with Crippen LogP contribution < -0.4 is 23.7 Å². The molecule has 0 aliphatic carbocycles. The van der Waals surface area contributed by atoms with Gasteiger partial charge in [0.15, 0.2) is 17.6 Å². The molecule has 0 saturated carbocycles. The van der Waals surface area contributed by atoms with Crippen LogP contribution in [-0.2, 0) is 42.4 Å². The summed E-state index contributed by atoms with van der Waals surface area (Å²) >= 11 is 0. The van der Waals surface area contributed by atoms with Gasteiger partial charge in [-0.05, 0) is 34.4 Å². The largest absolute Gasteiger partial charge is 0.489 e. The fourth-order valence-corrected chi connectivity index (χ4v) is 6.11. The molecule has 262 valence electrons. The van der Waals surface area contributed by atoms with Crippen molar-refractivity contribution in [2.45, 2.75) is 52.0 Å². The molecule has 6 aromatic carbocycles. The summed E-state index contributed by atoms with van der Waals surface area (Å²) in [4.78, 5) is 12.5. The van der Waals surface area contributed by atoms with Gasteiger partial charge in [0.2, 0.25) is 0 Å². The predicted molar refractivity (Wildman–Crippen MR) is 199 cm³/mol. The Kier molecular flexibility index (Phi) is 11.0. The summed E-state index contributed by atoms with van der Waals surface area (Å²) in [6.45, 7) is 2.86. The lowest BCUT2D eigenvalue weighted by Gasteiger charge is -2.34. The van der Waals surface area contributed by atoms with Crippen LogP contribution in [-0.4, -0.2) is 12.1 Å². The van der Waals surface area contributed by atoms with Crippen LogP contribution in [0.3, 0.4) is 0 Å². The number of rotatable bonds is 14. The molecule has 52 heavy (non-hydrogen) atoms. The Bertz CT molecular complexity index is 2050. The van der Waals surface area contributed by atoms with Gasteiger partial charge in [0.25, 0.3) is 0 Å². The van der Waals surface area contributed by atoms with Gasteiger partial charge in [-0.3, -0.25) is 4.79 Å². The number of benzene rings is 6. The van der Waals surface area contributed by atoms with E-state index in [0.29, 0.717) is 61.6 Å². The lowest BCUT2D eigenvalue weighted by molar-refractivity contribution is -0.152. The highest BCUT2D eigenvalue weighted by molar-refractivity contribution is 5.66. The molecule has 0 unspecified atom stereocenters. The summed E-state index contributed by atoms with van der Waals surface area (Å²) in [6, 6.07) is 49.4. The molecule has 2 atom stereocenters. The third-order valence-electron chi connectivity index (χ3n) is 8.71. The SMILES string of the molecule is CC(=O)O[C@H]1Cc2c(OCc3ccccc3)cc(OCc3ccccc3)cc2O[C@H]1c1ccc(OCc2ccccc2)c(OCc2ccccc2)c1. The van der Waals surface area contributed by atoms with Gasteiger partial charge in [0.1, 0.15) is 49.8 Å². The van der Waals surface area contributed by atoms with E-state index in [-0.39, 0.29) is 0 Å². The minimum atomic E-state index is -0.648. The molecule has 0 radical (unpaired) electrons. The molecule has 0 amide bonds. The number of esters is 1. The van der Waals surface area contributed by atoms with E-state index < -0.39 is 18.2 Å². The maximum Gasteiger partial charge on any atom is 0.303 e. The van der Waals surface area contributed by atoms with Crippen molar-refractivity contribution in [1.29, 1.82) is 0 Å². The van der Waals surface area contributed by atoms with Crippen LogP contribution in [0.25, 0.3) is 0 Å². The van der Waals surface area contributed by atoms with E-state index in [9.17, 15) is 4.79 Å². The molecular weight excluding hydrogens is 652 g/mol. The molecule has 0 saturated heterocycles. The van der Waals surface area contributed by atoms with E-state index in [4.69, 9.17) is 28.4 Å². The van der Waals surface area contributed by atoms with Gasteiger partial charge >= 0.3 is 5.97 Å². The Morgan fingerprint density at radius 3 is 1.56 bits per heavy atom. The molecule has 7 nitrogen and oxygen atoms in total. The van der Waals surface area contributed by atoms with Crippen molar-refractivity contribution in [3.63, 3.8) is 0 Å². The summed E-state index contributed by atoms with van der Waals surface area (Å²) in [6.07, 6.45) is -0.919. The molecule has 0 N–H and O–H groups in total. The summed E-state index contributed by atoms with van der Waals surface area (Å²) < 4.78 is 38.1. The second kappa shape index (κ2) is 16.7. The molecule has 0 bridgehead atoms. The molecule has 7 heteroatoms. The van der Waals surface area contributed by atoms with Crippen molar-refractivity contribution in [2.24, 2.45) is 0 Å². The minimum Gasteiger partial charge on any atom is -0.489 e. The molecule has 1 heterocycles. The van der Waals surface area contributed by atoms with Crippen molar-refractivity contribution in [3.8, 4) is 28.7 Å². The molecule has 0 fully saturated rings. The van der Waals surface area contributed by atoms with Crippen LogP contribution in [0, 0.1) is 0 Å². The van der Waals surface area contributed by atoms with Gasteiger partial charge in [-0.1, -0.05) is 127 Å². The van der Waals surface area contributed by atoms with E-state index >= 15 is 0 Å². The first-order chi connectivity index (χ1) is 25.6. The average molecular weight is 693 g/mol. The van der Waals surface area contributed by atoms with E-state index in [1.54, 1.807) is 0 Å². The van der Waals surface area contributed by atoms with Crippen molar-refractivity contribution in [2.75, 3.05) is 0 Å². The zero-order chi connectivity index (χ0) is 35.5. The first-order valence-electron chi connectivity index (χ1n) is 17.4. The van der Waals surface area contributed by atoms with Crippen LogP contribution in [0.1, 0.15) is 46.4 Å². The number of hydrogen-bond acceptors (Lipinski definition) is 7. The number of carbonyl (C=O) groups excluding carboxylic acids is 1. The Labute approximate surface area is 304 Å². The quantitative estimate of drug-likeness (QED) is 0.105. The van der Waals surface area contributed by atoms with Crippen LogP contribution in [0.2, 0.25) is 0 Å². The maximum atomic E-state index is 12.5. The standard InChI is InChI=1S/C45H40O7/c1-32(46)51-44-27-39-41(49-30-35-18-10-4-11-19-35)25-38(47-28-33-14-6-2-7-15-33)26-42(39)52-45(44)37-22-23-40(48-29-34-16-8-3-9-17-34)43(24-37)50-31-36-20-12-5-13-21-36/h2-26,44-45H,27-31H2,1H3/t44-,45-/m0/s1. The van der Waals surface area contributed by atoms with E-state index in [2.05, 4.69) is 0 Å². The summed E-state index contributed by atoms with van der Waals surface area (Å²) in [5.41, 5.74) is 5.70. The van der Waals surface area contributed by atoms with Crippen LogP contribution in [0.5, 0.6) is 28.7 Å². The van der Waals surface area contributed by atoms with Gasteiger partial charge in [-0.25, -0.2) is 0 Å². The number of hydrogen-bond donors (Lipinski definition) is 0. The fraction of sp³-hybridized carbons (Fsp3) is 0.178. The van der Waals surface area contributed by atoms with Gasteiger partial charge in [0, 0.05) is 36.6 Å². The predicted octanol–water partition coefficient (Wildman–Crippen LogP) is 9.61. The first kappa shape index (κ1) is 34.2. The highest BCUT2D eigenvalue weighted by Crippen LogP contribution is 2.45. The number of carbonyl (C=O) groups is 1. The Morgan fingerprint density at radius 1 is 0.558 bits per heavy atom. The Morgan fingerprint density at radius 2 is 1.04 bits per heavy atom. The molecule has 1 aliphatic heterocycles. The Hall–Kier alpha value is -6.21. The lowest BCUT2D eigenvalue weighted by Crippen LogP contribution is -2.34. The normalized spacial score (nSPS) is 14.7. The van der Waals surface area contributed by atoms with Gasteiger partial charge in [-0.2, -0.15) is 0 Å². The zero-order valence-corrected chi connectivity index (χ0v) is 29.0. The lowest BCUT2D eigenvalue weighted by atomic mass is 9.93. The zero-order valence-electron chi connectivity index (χ0n) is 29.0. The summed E-state index contributed by atoms with van der Waals surface area (Å²) in [7, 11) is 0. The van der Waals surface area contributed by atoms with Crippen molar-refractivity contribution < 1.29 is 33.2 Å². The van der Waals surface area contributed by atoms with E-state index in [1.807, 2.05) is 152 Å². The molecule has 0 aromatic heterocycles. The van der Waals surface area contributed by atoms with Crippen molar-refractivity contribution in [3.05, 3.63) is 185 Å². The molecule has 7 rings (SSSR count). The molecule has 1 aliphatic rings. The summed E-state index contributed by atoms with van der Waals surface area (Å²) in [5.74, 6) is 2.55. The highest BCUT2D eigenvalue weighted by Gasteiger charge is 2.36. The van der Waals surface area contributed by atoms with Crippen LogP contribution in [0.4, 0.5) is 0 Å². The second-order valence-electron chi connectivity index (χ2n) is 12.6. The number of fused-ring (bicyclic) bond motifs is 1. The van der Waals surface area contributed by atoms with E-state index in [0.717, 1.165) is 33.4 Å². The second-order valence-corrected chi connectivity index (χ2v) is 12.6.